The number of halogens is 4. The number of anilines is 1. The first-order valence-electron chi connectivity index (χ1n) is 6.96. The molecule has 10 heteroatoms. The molecule has 0 spiro atoms. The zero-order valence-corrected chi connectivity index (χ0v) is 12.6. The van der Waals surface area contributed by atoms with Gasteiger partial charge in [0.25, 0.3) is 0 Å². The molecule has 0 aliphatic carbocycles. The van der Waals surface area contributed by atoms with E-state index in [2.05, 4.69) is 16.0 Å². The second-order valence-electron chi connectivity index (χ2n) is 4.86. The number of furan rings is 1. The predicted octanol–water partition coefficient (Wildman–Crippen LogP) is 2.88. The monoisotopic (exact) mass is 359 g/mol. The van der Waals surface area contributed by atoms with Crippen LogP contribution in [-0.4, -0.2) is 18.5 Å². The van der Waals surface area contributed by atoms with Crippen molar-refractivity contribution in [2.45, 2.75) is 12.7 Å². The Labute approximate surface area is 139 Å². The van der Waals surface area contributed by atoms with Crippen molar-refractivity contribution in [3.63, 3.8) is 0 Å². The molecule has 25 heavy (non-hydrogen) atoms. The van der Waals surface area contributed by atoms with Crippen LogP contribution < -0.4 is 16.0 Å². The molecule has 1 aromatic carbocycles. The van der Waals surface area contributed by atoms with E-state index in [4.69, 9.17) is 4.42 Å². The van der Waals surface area contributed by atoms with Crippen LogP contribution in [0.5, 0.6) is 0 Å². The number of nitrogens with one attached hydrogen (secondary N) is 3. The standard InChI is InChI=1S/C15H13F4N3O3/c16-12-4-3-9(6-11(12)15(17,18)19)22-14(24)21-8-13(23)20-7-10-2-1-5-25-10/h1-6H,7-8H2,(H,20,23)(H2,21,22,24). The Kier molecular flexibility index (Phi) is 5.63. The maximum absolute atomic E-state index is 13.1. The molecule has 0 aliphatic rings. The molecule has 0 fully saturated rings. The van der Waals surface area contributed by atoms with Crippen molar-refractivity contribution in [3.05, 3.63) is 53.7 Å². The lowest BCUT2D eigenvalue weighted by molar-refractivity contribution is -0.139. The Hall–Kier alpha value is -3.04. The molecule has 134 valence electrons. The molecule has 0 aliphatic heterocycles. The van der Waals surface area contributed by atoms with Gasteiger partial charge in [-0.05, 0) is 30.3 Å². The first-order valence-corrected chi connectivity index (χ1v) is 6.96. The van der Waals surface area contributed by atoms with E-state index >= 15 is 0 Å². The molecule has 2 aromatic rings. The van der Waals surface area contributed by atoms with Crippen LogP contribution in [0.3, 0.4) is 0 Å². The van der Waals surface area contributed by atoms with E-state index in [9.17, 15) is 27.2 Å². The first kappa shape index (κ1) is 18.3. The van der Waals surface area contributed by atoms with Crippen LogP contribution in [0.4, 0.5) is 28.0 Å². The molecule has 1 aromatic heterocycles. The van der Waals surface area contributed by atoms with E-state index in [1.165, 1.54) is 6.26 Å². The summed E-state index contributed by atoms with van der Waals surface area (Å²) in [5, 5.41) is 6.72. The van der Waals surface area contributed by atoms with Gasteiger partial charge in [0.05, 0.1) is 24.9 Å². The third-order valence-electron chi connectivity index (χ3n) is 2.98. The number of alkyl halides is 3. The average molecular weight is 359 g/mol. The van der Waals surface area contributed by atoms with Crippen molar-refractivity contribution >= 4 is 17.6 Å². The SMILES string of the molecule is O=C(CNC(=O)Nc1ccc(F)c(C(F)(F)F)c1)NCc1ccco1. The highest BCUT2D eigenvalue weighted by atomic mass is 19.4. The molecular weight excluding hydrogens is 346 g/mol. The van der Waals surface area contributed by atoms with Gasteiger partial charge in [-0.2, -0.15) is 13.2 Å². The summed E-state index contributed by atoms with van der Waals surface area (Å²) in [7, 11) is 0. The average Bonchev–Trinajstić information content (AvgIpc) is 3.05. The van der Waals surface area contributed by atoms with Crippen molar-refractivity contribution in [3.8, 4) is 0 Å². The normalized spacial score (nSPS) is 11.0. The summed E-state index contributed by atoms with van der Waals surface area (Å²) in [4.78, 5) is 23.1. The van der Waals surface area contributed by atoms with E-state index in [0.717, 1.165) is 6.07 Å². The van der Waals surface area contributed by atoms with Crippen molar-refractivity contribution in [2.24, 2.45) is 0 Å². The number of carbonyl (C=O) groups excluding carboxylic acids is 2. The lowest BCUT2D eigenvalue weighted by Gasteiger charge is -2.11. The van der Waals surface area contributed by atoms with Gasteiger partial charge in [-0.25, -0.2) is 9.18 Å². The number of hydrogen-bond acceptors (Lipinski definition) is 3. The lowest BCUT2D eigenvalue weighted by atomic mass is 10.2. The van der Waals surface area contributed by atoms with Crippen LogP contribution >= 0.6 is 0 Å². The summed E-state index contributed by atoms with van der Waals surface area (Å²) in [6.07, 6.45) is -3.45. The topological polar surface area (TPSA) is 83.4 Å². The summed E-state index contributed by atoms with van der Waals surface area (Å²) in [5.41, 5.74) is -1.76. The summed E-state index contributed by atoms with van der Waals surface area (Å²) >= 11 is 0. The summed E-state index contributed by atoms with van der Waals surface area (Å²) in [6, 6.07) is 4.41. The van der Waals surface area contributed by atoms with Crippen LogP contribution in [-0.2, 0) is 17.5 Å². The third-order valence-corrected chi connectivity index (χ3v) is 2.98. The Morgan fingerprint density at radius 3 is 2.52 bits per heavy atom. The van der Waals surface area contributed by atoms with Crippen LogP contribution in [0.2, 0.25) is 0 Å². The van der Waals surface area contributed by atoms with Gasteiger partial charge in [0.2, 0.25) is 5.91 Å². The van der Waals surface area contributed by atoms with Gasteiger partial charge >= 0.3 is 12.2 Å². The minimum Gasteiger partial charge on any atom is -0.467 e. The molecule has 1 heterocycles. The fourth-order valence-electron chi connectivity index (χ4n) is 1.82. The summed E-state index contributed by atoms with van der Waals surface area (Å²) < 4.78 is 55.9. The Morgan fingerprint density at radius 1 is 1.12 bits per heavy atom. The van der Waals surface area contributed by atoms with Crippen LogP contribution in [0, 0.1) is 5.82 Å². The zero-order chi connectivity index (χ0) is 18.4. The number of rotatable bonds is 5. The van der Waals surface area contributed by atoms with Crippen LogP contribution in [0.25, 0.3) is 0 Å². The number of urea groups is 1. The lowest BCUT2D eigenvalue weighted by Crippen LogP contribution is -2.38. The van der Waals surface area contributed by atoms with Gasteiger partial charge < -0.3 is 20.4 Å². The number of hydrogen-bond donors (Lipinski definition) is 3. The summed E-state index contributed by atoms with van der Waals surface area (Å²) in [6.45, 7) is -0.276. The molecule has 2 rings (SSSR count). The number of carbonyl (C=O) groups is 2. The Balaban J connectivity index is 1.83. The number of amides is 3. The fourth-order valence-corrected chi connectivity index (χ4v) is 1.82. The molecule has 3 amide bonds. The van der Waals surface area contributed by atoms with Gasteiger partial charge in [0.1, 0.15) is 11.6 Å². The van der Waals surface area contributed by atoms with E-state index in [1.54, 1.807) is 12.1 Å². The van der Waals surface area contributed by atoms with Crippen molar-refractivity contribution < 1.29 is 31.6 Å². The minimum absolute atomic E-state index is 0.127. The van der Waals surface area contributed by atoms with Crippen LogP contribution in [0.15, 0.2) is 41.0 Å². The second kappa shape index (κ2) is 7.69. The smallest absolute Gasteiger partial charge is 0.419 e. The third kappa shape index (κ3) is 5.52. The molecule has 3 N–H and O–H groups in total. The molecule has 0 radical (unpaired) electrons. The van der Waals surface area contributed by atoms with Crippen molar-refractivity contribution in [2.75, 3.05) is 11.9 Å². The summed E-state index contributed by atoms with van der Waals surface area (Å²) in [5.74, 6) is -1.46. The maximum Gasteiger partial charge on any atom is 0.419 e. The highest BCUT2D eigenvalue weighted by molar-refractivity contribution is 5.92. The van der Waals surface area contributed by atoms with E-state index in [-0.39, 0.29) is 12.2 Å². The first-order chi connectivity index (χ1) is 11.8. The number of benzene rings is 1. The molecule has 0 bridgehead atoms. The molecule has 0 unspecified atom stereocenters. The molecule has 0 atom stereocenters. The largest absolute Gasteiger partial charge is 0.467 e. The van der Waals surface area contributed by atoms with E-state index < -0.39 is 36.0 Å². The molecule has 0 saturated heterocycles. The predicted molar refractivity (Wildman–Crippen MR) is 79.0 cm³/mol. The van der Waals surface area contributed by atoms with Crippen molar-refractivity contribution in [1.29, 1.82) is 0 Å². The van der Waals surface area contributed by atoms with E-state index in [0.29, 0.717) is 17.9 Å². The molecular formula is C15H13F4N3O3. The van der Waals surface area contributed by atoms with Gasteiger partial charge in [-0.3, -0.25) is 4.79 Å². The van der Waals surface area contributed by atoms with Gasteiger partial charge in [-0.15, -0.1) is 0 Å². The zero-order valence-electron chi connectivity index (χ0n) is 12.6. The van der Waals surface area contributed by atoms with Crippen molar-refractivity contribution in [1.82, 2.24) is 10.6 Å². The highest BCUT2D eigenvalue weighted by Gasteiger charge is 2.34. The van der Waals surface area contributed by atoms with Gasteiger partial charge in [0.15, 0.2) is 0 Å². The molecule has 6 nitrogen and oxygen atoms in total. The highest BCUT2D eigenvalue weighted by Crippen LogP contribution is 2.32. The Morgan fingerprint density at radius 2 is 1.88 bits per heavy atom. The van der Waals surface area contributed by atoms with Crippen LogP contribution in [0.1, 0.15) is 11.3 Å². The van der Waals surface area contributed by atoms with E-state index in [1.807, 2.05) is 0 Å². The molecule has 0 saturated carbocycles. The van der Waals surface area contributed by atoms with Gasteiger partial charge in [-0.1, -0.05) is 0 Å². The fraction of sp³-hybridized carbons (Fsp3) is 0.200. The van der Waals surface area contributed by atoms with Gasteiger partial charge in [0, 0.05) is 5.69 Å². The second-order valence-corrected chi connectivity index (χ2v) is 4.86. The maximum atomic E-state index is 13.1. The quantitative estimate of drug-likeness (QED) is 0.718. The Bertz CT molecular complexity index is 745. The minimum atomic E-state index is -4.88.